The van der Waals surface area contributed by atoms with E-state index in [1.54, 1.807) is 18.0 Å². The van der Waals surface area contributed by atoms with Gasteiger partial charge in [-0.05, 0) is 54.1 Å². The standard InChI is InChI=1S/C27H22F2N4O3S/c1-15-26(35)32(8-6-16-2-5-23-18(10-16)11-24(34)30-23)27(36-15)20-13-33(19-3-4-21(28)22(29)12-19)31-25(20)17-7-9-37-14-17/h2-5,7,9-10,12-15,27H,6,8,11H2,1H3,(H,30,34)/t15-,27-/m1/s1. The monoisotopic (exact) mass is 520 g/mol. The molecule has 4 heterocycles. The maximum atomic E-state index is 14.0. The molecule has 1 saturated heterocycles. The van der Waals surface area contributed by atoms with Crippen LogP contribution in [0.1, 0.15) is 29.8 Å². The van der Waals surface area contributed by atoms with Crippen molar-refractivity contribution >= 4 is 28.8 Å². The van der Waals surface area contributed by atoms with Gasteiger partial charge < -0.3 is 15.0 Å². The zero-order valence-corrected chi connectivity index (χ0v) is 20.6. The fraction of sp³-hybridized carbons (Fsp3) is 0.222. The van der Waals surface area contributed by atoms with Gasteiger partial charge in [-0.15, -0.1) is 0 Å². The molecule has 0 unspecified atom stereocenters. The van der Waals surface area contributed by atoms with Crippen LogP contribution in [0.3, 0.4) is 0 Å². The number of nitrogens with one attached hydrogen (secondary N) is 1. The molecule has 6 rings (SSSR count). The quantitative estimate of drug-likeness (QED) is 0.394. The van der Waals surface area contributed by atoms with Crippen LogP contribution in [0, 0.1) is 11.6 Å². The molecule has 4 aromatic rings. The van der Waals surface area contributed by atoms with Crippen molar-refractivity contribution in [1.29, 1.82) is 0 Å². The lowest BCUT2D eigenvalue weighted by molar-refractivity contribution is -0.130. The molecule has 37 heavy (non-hydrogen) atoms. The SMILES string of the molecule is C[C@H]1O[C@H](c2cn(-c3ccc(F)c(F)c3)nc2-c2ccsc2)N(CCc2ccc3c(c2)CC(=O)N3)C1=O. The van der Waals surface area contributed by atoms with Crippen molar-refractivity contribution in [1.82, 2.24) is 14.7 Å². The summed E-state index contributed by atoms with van der Waals surface area (Å²) in [6, 6.07) is 11.3. The van der Waals surface area contributed by atoms with Crippen molar-refractivity contribution in [2.75, 3.05) is 11.9 Å². The Bertz CT molecular complexity index is 1520. The summed E-state index contributed by atoms with van der Waals surface area (Å²) in [6.45, 7) is 2.11. The number of nitrogens with zero attached hydrogens (tertiary/aromatic N) is 3. The fourth-order valence-electron chi connectivity index (χ4n) is 4.78. The molecule has 7 nitrogen and oxygen atoms in total. The maximum absolute atomic E-state index is 14.0. The molecule has 0 radical (unpaired) electrons. The van der Waals surface area contributed by atoms with Crippen molar-refractivity contribution in [2.24, 2.45) is 0 Å². The molecule has 0 bridgehead atoms. The summed E-state index contributed by atoms with van der Waals surface area (Å²) in [6.07, 6.45) is 1.28. The zero-order valence-electron chi connectivity index (χ0n) is 19.8. The molecule has 2 aliphatic rings. The Morgan fingerprint density at radius 3 is 2.78 bits per heavy atom. The Kier molecular flexibility index (Phi) is 5.85. The minimum Gasteiger partial charge on any atom is -0.341 e. The van der Waals surface area contributed by atoms with Gasteiger partial charge in [0.1, 0.15) is 11.8 Å². The first-order valence-corrected chi connectivity index (χ1v) is 12.8. The van der Waals surface area contributed by atoms with Crippen LogP contribution in [0.2, 0.25) is 0 Å². The smallest absolute Gasteiger partial charge is 0.253 e. The number of rotatable bonds is 6. The number of halogens is 2. The fourth-order valence-corrected chi connectivity index (χ4v) is 5.42. The summed E-state index contributed by atoms with van der Waals surface area (Å²) in [5.74, 6) is -2.07. The summed E-state index contributed by atoms with van der Waals surface area (Å²) >= 11 is 1.51. The van der Waals surface area contributed by atoms with Crippen LogP contribution in [0.4, 0.5) is 14.5 Å². The summed E-state index contributed by atoms with van der Waals surface area (Å²) in [5, 5.41) is 11.4. The first-order valence-electron chi connectivity index (χ1n) is 11.8. The normalized spacial score (nSPS) is 18.9. The van der Waals surface area contributed by atoms with Crippen LogP contribution >= 0.6 is 11.3 Å². The highest BCUT2D eigenvalue weighted by atomic mass is 32.1. The molecule has 0 spiro atoms. The number of carbonyl (C=O) groups excluding carboxylic acids is 2. The van der Waals surface area contributed by atoms with E-state index in [1.807, 2.05) is 35.0 Å². The van der Waals surface area contributed by atoms with Crippen molar-refractivity contribution < 1.29 is 23.1 Å². The van der Waals surface area contributed by atoms with Gasteiger partial charge in [-0.1, -0.05) is 12.1 Å². The van der Waals surface area contributed by atoms with Crippen molar-refractivity contribution in [3.8, 4) is 16.9 Å². The van der Waals surface area contributed by atoms with Crippen molar-refractivity contribution in [3.63, 3.8) is 0 Å². The Morgan fingerprint density at radius 2 is 2.00 bits per heavy atom. The Balaban J connectivity index is 1.33. The van der Waals surface area contributed by atoms with Gasteiger partial charge >= 0.3 is 0 Å². The lowest BCUT2D eigenvalue weighted by Gasteiger charge is -2.23. The molecule has 0 saturated carbocycles. The first kappa shape index (κ1) is 23.5. The second-order valence-corrected chi connectivity index (χ2v) is 9.90. The molecule has 2 atom stereocenters. The zero-order chi connectivity index (χ0) is 25.7. The van der Waals surface area contributed by atoms with E-state index in [-0.39, 0.29) is 11.8 Å². The second-order valence-electron chi connectivity index (χ2n) is 9.12. The average molecular weight is 521 g/mol. The van der Waals surface area contributed by atoms with Gasteiger partial charge in [0.05, 0.1) is 12.1 Å². The number of benzene rings is 2. The van der Waals surface area contributed by atoms with Gasteiger partial charge in [0, 0.05) is 41.0 Å². The van der Waals surface area contributed by atoms with Crippen LogP contribution in [-0.2, 0) is 27.2 Å². The molecule has 188 valence electrons. The highest BCUT2D eigenvalue weighted by Crippen LogP contribution is 2.38. The maximum Gasteiger partial charge on any atom is 0.253 e. The third kappa shape index (κ3) is 4.32. The van der Waals surface area contributed by atoms with E-state index >= 15 is 0 Å². The summed E-state index contributed by atoms with van der Waals surface area (Å²) in [7, 11) is 0. The molecule has 1 fully saturated rings. The topological polar surface area (TPSA) is 76.5 Å². The molecule has 2 aromatic heterocycles. The highest BCUT2D eigenvalue weighted by molar-refractivity contribution is 7.08. The summed E-state index contributed by atoms with van der Waals surface area (Å²) < 4.78 is 35.1. The van der Waals surface area contributed by atoms with Gasteiger partial charge in [-0.2, -0.15) is 16.4 Å². The number of hydrogen-bond acceptors (Lipinski definition) is 5. The van der Waals surface area contributed by atoms with Crippen LogP contribution < -0.4 is 5.32 Å². The lowest BCUT2D eigenvalue weighted by Crippen LogP contribution is -2.32. The van der Waals surface area contributed by atoms with E-state index in [1.165, 1.54) is 22.1 Å². The third-order valence-electron chi connectivity index (χ3n) is 6.65. The van der Waals surface area contributed by atoms with E-state index in [0.717, 1.165) is 34.5 Å². The predicted octanol–water partition coefficient (Wildman–Crippen LogP) is 4.86. The summed E-state index contributed by atoms with van der Waals surface area (Å²) in [5.41, 5.74) is 5.24. The number of hydrogen-bond donors (Lipinski definition) is 1. The number of fused-ring (bicyclic) bond motifs is 1. The van der Waals surface area contributed by atoms with Crippen molar-refractivity contribution in [3.05, 3.63) is 87.7 Å². The molecular formula is C27H22F2N4O3S. The number of anilines is 1. The minimum absolute atomic E-state index is 0.0248. The predicted molar refractivity (Wildman–Crippen MR) is 134 cm³/mol. The highest BCUT2D eigenvalue weighted by Gasteiger charge is 2.40. The van der Waals surface area contributed by atoms with E-state index in [4.69, 9.17) is 4.74 Å². The molecule has 0 aliphatic carbocycles. The Morgan fingerprint density at radius 1 is 1.14 bits per heavy atom. The molecule has 2 amide bonds. The van der Waals surface area contributed by atoms with Crippen LogP contribution in [-0.4, -0.2) is 39.1 Å². The third-order valence-corrected chi connectivity index (χ3v) is 7.34. The minimum atomic E-state index is -0.972. The van der Waals surface area contributed by atoms with Gasteiger partial charge in [-0.3, -0.25) is 9.59 Å². The van der Waals surface area contributed by atoms with E-state index < -0.39 is 24.0 Å². The largest absolute Gasteiger partial charge is 0.341 e. The van der Waals surface area contributed by atoms with Gasteiger partial charge in [0.2, 0.25) is 5.91 Å². The summed E-state index contributed by atoms with van der Waals surface area (Å²) in [4.78, 5) is 26.5. The number of thiophene rings is 1. The second kappa shape index (κ2) is 9.20. The van der Waals surface area contributed by atoms with Crippen molar-refractivity contribution in [2.45, 2.75) is 32.1 Å². The number of amides is 2. The Hall–Kier alpha value is -3.89. The Labute approximate surface area is 215 Å². The molecule has 1 N–H and O–H groups in total. The van der Waals surface area contributed by atoms with Gasteiger partial charge in [0.15, 0.2) is 17.9 Å². The average Bonchev–Trinajstić information content (AvgIpc) is 3.66. The van der Waals surface area contributed by atoms with E-state index in [9.17, 15) is 18.4 Å². The number of carbonyl (C=O) groups is 2. The molecular weight excluding hydrogens is 498 g/mol. The van der Waals surface area contributed by atoms with Crippen LogP contribution in [0.5, 0.6) is 0 Å². The molecule has 10 heteroatoms. The van der Waals surface area contributed by atoms with Crippen LogP contribution in [0.25, 0.3) is 16.9 Å². The first-order chi connectivity index (χ1) is 17.9. The van der Waals surface area contributed by atoms with Gasteiger partial charge in [0.25, 0.3) is 5.91 Å². The van der Waals surface area contributed by atoms with E-state index in [0.29, 0.717) is 36.3 Å². The van der Waals surface area contributed by atoms with Crippen LogP contribution in [0.15, 0.2) is 59.4 Å². The van der Waals surface area contributed by atoms with E-state index in [2.05, 4.69) is 10.4 Å². The number of ether oxygens (including phenoxy) is 1. The number of aromatic nitrogens is 2. The van der Waals surface area contributed by atoms with Gasteiger partial charge in [-0.25, -0.2) is 13.5 Å². The molecule has 2 aliphatic heterocycles. The molecule has 2 aromatic carbocycles. The lowest BCUT2D eigenvalue weighted by atomic mass is 10.1.